The number of fused-ring (bicyclic) bond motifs is 1. The average molecular weight is 459 g/mol. The number of alkyl carbamates (subject to hydrolysis) is 1. The van der Waals surface area contributed by atoms with Crippen molar-refractivity contribution in [2.75, 3.05) is 12.8 Å². The van der Waals surface area contributed by atoms with Crippen LogP contribution in [-0.4, -0.2) is 46.1 Å². The number of halogens is 3. The van der Waals surface area contributed by atoms with E-state index in [0.29, 0.717) is 37.8 Å². The van der Waals surface area contributed by atoms with Crippen LogP contribution in [0.2, 0.25) is 0 Å². The molecule has 1 unspecified atom stereocenters. The smallest absolute Gasteiger partial charge is 0.416 e. The van der Waals surface area contributed by atoms with Gasteiger partial charge in [0.05, 0.1) is 10.3 Å². The Labute approximate surface area is 185 Å². The average Bonchev–Trinajstić information content (AvgIpc) is 3.08. The van der Waals surface area contributed by atoms with Crippen molar-refractivity contribution in [2.24, 2.45) is 0 Å². The molecule has 3 rings (SSSR count). The molecular formula is C22H29F3N2O3S. The van der Waals surface area contributed by atoms with Crippen LogP contribution in [0, 0.1) is 0 Å². The van der Waals surface area contributed by atoms with Crippen LogP contribution in [0.3, 0.4) is 0 Å². The van der Waals surface area contributed by atoms with Crippen LogP contribution in [-0.2, 0) is 28.7 Å². The van der Waals surface area contributed by atoms with Crippen LogP contribution in [0.5, 0.6) is 0 Å². The first kappa shape index (κ1) is 23.8. The second-order valence-electron chi connectivity index (χ2n) is 9.24. The standard InChI is InChI=1S/C22H29F3N2O3S/c1-20(2,3)30-19(29)26-17-7-9-21(12-17,31-4)18(28)27-10-8-14-5-6-16(22(23,24)25)11-15(14)13-27/h5-6,11,17H,7-10,12-13H2,1-4H3,(H,26,29)/t17-,21?/m1/s1. The molecule has 1 aliphatic heterocycles. The fraction of sp³-hybridized carbons (Fsp3) is 0.636. The van der Waals surface area contributed by atoms with Gasteiger partial charge in [0.25, 0.3) is 0 Å². The van der Waals surface area contributed by atoms with Crippen molar-refractivity contribution in [3.63, 3.8) is 0 Å². The molecule has 1 heterocycles. The van der Waals surface area contributed by atoms with Gasteiger partial charge < -0.3 is 15.0 Å². The van der Waals surface area contributed by atoms with Crippen molar-refractivity contribution < 1.29 is 27.5 Å². The zero-order chi connectivity index (χ0) is 23.0. The lowest BCUT2D eigenvalue weighted by Gasteiger charge is -2.36. The predicted octanol–water partition coefficient (Wildman–Crippen LogP) is 4.77. The Morgan fingerprint density at radius 3 is 2.55 bits per heavy atom. The van der Waals surface area contributed by atoms with Crippen LogP contribution in [0.4, 0.5) is 18.0 Å². The number of nitrogens with one attached hydrogen (secondary N) is 1. The Bertz CT molecular complexity index is 853. The van der Waals surface area contributed by atoms with Gasteiger partial charge in [0, 0.05) is 19.1 Å². The molecule has 2 amide bonds. The summed E-state index contributed by atoms with van der Waals surface area (Å²) in [6.07, 6.45) is -0.801. The molecular weight excluding hydrogens is 429 g/mol. The van der Waals surface area contributed by atoms with E-state index in [4.69, 9.17) is 4.74 Å². The van der Waals surface area contributed by atoms with Gasteiger partial charge in [0.2, 0.25) is 5.91 Å². The SMILES string of the molecule is CSC1(C(=O)N2CCc3ccc(C(F)(F)F)cc3C2)CC[C@@H](NC(=O)OC(C)(C)C)C1. The van der Waals surface area contributed by atoms with Gasteiger partial charge in [-0.3, -0.25) is 4.79 Å². The monoisotopic (exact) mass is 458 g/mol. The van der Waals surface area contributed by atoms with E-state index in [-0.39, 0.29) is 18.5 Å². The summed E-state index contributed by atoms with van der Waals surface area (Å²) >= 11 is 1.45. The van der Waals surface area contributed by atoms with Gasteiger partial charge in [0.1, 0.15) is 5.60 Å². The third-order valence-electron chi connectivity index (χ3n) is 5.81. The van der Waals surface area contributed by atoms with Gasteiger partial charge in [-0.25, -0.2) is 4.79 Å². The first-order valence-electron chi connectivity index (χ1n) is 10.4. The summed E-state index contributed by atoms with van der Waals surface area (Å²) in [5.74, 6) is -0.0726. The normalized spacial score (nSPS) is 24.0. The number of carbonyl (C=O) groups excluding carboxylic acids is 2. The summed E-state index contributed by atoms with van der Waals surface area (Å²) in [4.78, 5) is 27.2. The molecule has 0 bridgehead atoms. The third-order valence-corrected chi connectivity index (χ3v) is 7.13. The van der Waals surface area contributed by atoms with E-state index in [0.717, 1.165) is 17.7 Å². The Morgan fingerprint density at radius 1 is 1.23 bits per heavy atom. The number of benzene rings is 1. The Morgan fingerprint density at radius 2 is 1.94 bits per heavy atom. The van der Waals surface area contributed by atoms with Crippen LogP contribution >= 0.6 is 11.8 Å². The molecule has 0 spiro atoms. The molecule has 31 heavy (non-hydrogen) atoms. The number of rotatable bonds is 3. The predicted molar refractivity (Wildman–Crippen MR) is 114 cm³/mol. The Hall–Kier alpha value is -1.90. The van der Waals surface area contributed by atoms with Crippen molar-refractivity contribution >= 4 is 23.8 Å². The number of carbonyl (C=O) groups is 2. The summed E-state index contributed by atoms with van der Waals surface area (Å²) in [7, 11) is 0. The topological polar surface area (TPSA) is 58.6 Å². The van der Waals surface area contributed by atoms with E-state index in [1.54, 1.807) is 25.7 Å². The number of hydrogen-bond donors (Lipinski definition) is 1. The summed E-state index contributed by atoms with van der Waals surface area (Å²) in [6.45, 7) is 6.01. The van der Waals surface area contributed by atoms with Crippen LogP contribution in [0.25, 0.3) is 0 Å². The molecule has 0 aromatic heterocycles. The van der Waals surface area contributed by atoms with Gasteiger partial charge in [-0.15, -0.1) is 11.8 Å². The molecule has 1 aliphatic carbocycles. The van der Waals surface area contributed by atoms with Crippen LogP contribution in [0.1, 0.15) is 56.7 Å². The zero-order valence-corrected chi connectivity index (χ0v) is 19.1. The molecule has 1 N–H and O–H groups in total. The molecule has 1 aromatic rings. The number of nitrogens with zero attached hydrogens (tertiary/aromatic N) is 1. The highest BCUT2D eigenvalue weighted by Gasteiger charge is 2.48. The first-order valence-corrected chi connectivity index (χ1v) is 11.6. The van der Waals surface area contributed by atoms with Crippen molar-refractivity contribution in [1.29, 1.82) is 0 Å². The van der Waals surface area contributed by atoms with Crippen molar-refractivity contribution in [1.82, 2.24) is 10.2 Å². The summed E-state index contributed by atoms with van der Waals surface area (Å²) < 4.78 is 43.9. The van der Waals surface area contributed by atoms with Gasteiger partial charge in [-0.2, -0.15) is 13.2 Å². The molecule has 1 fully saturated rings. The van der Waals surface area contributed by atoms with Crippen molar-refractivity contribution in [3.8, 4) is 0 Å². The summed E-state index contributed by atoms with van der Waals surface area (Å²) in [6, 6.07) is 3.59. The van der Waals surface area contributed by atoms with E-state index in [2.05, 4.69) is 5.32 Å². The number of alkyl halides is 3. The van der Waals surface area contributed by atoms with Gasteiger partial charge in [-0.05, 0) is 76.0 Å². The lowest BCUT2D eigenvalue weighted by molar-refractivity contribution is -0.137. The van der Waals surface area contributed by atoms with Gasteiger partial charge >= 0.3 is 12.3 Å². The van der Waals surface area contributed by atoms with E-state index in [1.807, 2.05) is 6.26 Å². The molecule has 9 heteroatoms. The number of hydrogen-bond acceptors (Lipinski definition) is 4. The quantitative estimate of drug-likeness (QED) is 0.709. The maximum absolute atomic E-state index is 13.4. The van der Waals surface area contributed by atoms with Crippen molar-refractivity contribution in [3.05, 3.63) is 34.9 Å². The van der Waals surface area contributed by atoms with E-state index in [9.17, 15) is 22.8 Å². The fourth-order valence-corrected chi connectivity index (χ4v) is 5.26. The minimum absolute atomic E-state index is 0.0726. The highest BCUT2D eigenvalue weighted by Crippen LogP contribution is 2.43. The summed E-state index contributed by atoms with van der Waals surface area (Å²) in [5, 5.41) is 2.85. The van der Waals surface area contributed by atoms with E-state index in [1.165, 1.54) is 17.8 Å². The minimum atomic E-state index is -4.41. The number of ether oxygens (including phenoxy) is 1. The van der Waals surface area contributed by atoms with E-state index >= 15 is 0 Å². The maximum Gasteiger partial charge on any atom is 0.416 e. The second kappa shape index (κ2) is 8.56. The second-order valence-corrected chi connectivity index (χ2v) is 10.4. The third kappa shape index (κ3) is 5.48. The number of thioether (sulfide) groups is 1. The molecule has 5 nitrogen and oxygen atoms in total. The molecule has 172 valence electrons. The van der Waals surface area contributed by atoms with Gasteiger partial charge in [-0.1, -0.05) is 6.07 Å². The van der Waals surface area contributed by atoms with Crippen LogP contribution < -0.4 is 5.32 Å². The summed E-state index contributed by atoms with van der Waals surface area (Å²) in [5.41, 5.74) is 0.104. The molecule has 0 saturated heterocycles. The molecule has 0 radical (unpaired) electrons. The lowest BCUT2D eigenvalue weighted by atomic mass is 9.95. The molecule has 1 saturated carbocycles. The maximum atomic E-state index is 13.4. The Kier molecular flexibility index (Phi) is 6.56. The molecule has 1 aromatic carbocycles. The van der Waals surface area contributed by atoms with Crippen molar-refractivity contribution in [2.45, 2.75) is 75.6 Å². The lowest BCUT2D eigenvalue weighted by Crippen LogP contribution is -2.48. The minimum Gasteiger partial charge on any atom is -0.444 e. The number of amides is 2. The van der Waals surface area contributed by atoms with Gasteiger partial charge in [0.15, 0.2) is 0 Å². The van der Waals surface area contributed by atoms with Crippen LogP contribution in [0.15, 0.2) is 18.2 Å². The Balaban J connectivity index is 1.70. The highest BCUT2D eigenvalue weighted by molar-refractivity contribution is 8.00. The molecule has 2 atom stereocenters. The van der Waals surface area contributed by atoms with E-state index < -0.39 is 28.2 Å². The molecule has 2 aliphatic rings. The first-order chi connectivity index (χ1) is 14.3. The highest BCUT2D eigenvalue weighted by atomic mass is 32.2. The largest absolute Gasteiger partial charge is 0.444 e. The fourth-order valence-electron chi connectivity index (χ4n) is 4.27. The zero-order valence-electron chi connectivity index (χ0n) is 18.3.